The van der Waals surface area contributed by atoms with Crippen molar-refractivity contribution in [3.63, 3.8) is 0 Å². The molecule has 2 N–H and O–H groups in total. The predicted molar refractivity (Wildman–Crippen MR) is 205 cm³/mol. The van der Waals surface area contributed by atoms with E-state index in [9.17, 15) is 32.7 Å². The monoisotopic (exact) mass is 792 g/mol. The number of rotatable bonds is 11. The summed E-state index contributed by atoms with van der Waals surface area (Å²) >= 11 is 7.18. The first kappa shape index (κ1) is 38.9. The van der Waals surface area contributed by atoms with Crippen LogP contribution >= 0.6 is 11.6 Å². The summed E-state index contributed by atoms with van der Waals surface area (Å²) in [4.78, 5) is 53.6. The van der Waals surface area contributed by atoms with Gasteiger partial charge in [-0.1, -0.05) is 41.9 Å². The van der Waals surface area contributed by atoms with Crippen molar-refractivity contribution in [1.82, 2.24) is 33.9 Å². The number of halogens is 4. The highest BCUT2D eigenvalue weighted by Crippen LogP contribution is 2.46. The fourth-order valence-electron chi connectivity index (χ4n) is 7.99. The lowest BCUT2D eigenvalue weighted by Crippen LogP contribution is -2.38. The number of alkyl halides is 3. The van der Waals surface area contributed by atoms with Crippen molar-refractivity contribution in [2.45, 2.75) is 38.4 Å². The van der Waals surface area contributed by atoms with Gasteiger partial charge in [0.15, 0.2) is 5.65 Å². The third-order valence-electron chi connectivity index (χ3n) is 10.8. The first-order valence-electron chi connectivity index (χ1n) is 18.1. The molecule has 294 valence electrons. The number of aromatic nitrogens is 5. The van der Waals surface area contributed by atoms with Crippen LogP contribution in [0.25, 0.3) is 33.4 Å². The van der Waals surface area contributed by atoms with Crippen molar-refractivity contribution in [2.75, 3.05) is 45.2 Å². The van der Waals surface area contributed by atoms with Gasteiger partial charge in [0.25, 0.3) is 5.56 Å². The van der Waals surface area contributed by atoms with Gasteiger partial charge in [-0.15, -0.1) is 0 Å². The Morgan fingerprint density at radius 3 is 2.50 bits per heavy atom. The molecule has 1 aliphatic carbocycles. The maximum absolute atomic E-state index is 14.0. The summed E-state index contributed by atoms with van der Waals surface area (Å²) in [6.45, 7) is 4.31. The van der Waals surface area contributed by atoms with Crippen LogP contribution < -0.4 is 21.3 Å². The number of pyridine rings is 1. The molecule has 7 rings (SSSR count). The molecule has 2 atom stereocenters. The summed E-state index contributed by atoms with van der Waals surface area (Å²) < 4.78 is 49.4. The third-order valence-corrected chi connectivity index (χ3v) is 11.2. The lowest BCUT2D eigenvalue weighted by atomic mass is 9.96. The smallest absolute Gasteiger partial charge is 0.451 e. The largest absolute Gasteiger partial charge is 0.481 e. The molecule has 17 heteroatoms. The van der Waals surface area contributed by atoms with Crippen LogP contribution in [0.1, 0.15) is 41.4 Å². The summed E-state index contributed by atoms with van der Waals surface area (Å²) in [7, 11) is 4.06. The van der Waals surface area contributed by atoms with Gasteiger partial charge in [-0.05, 0) is 67.5 Å². The minimum absolute atomic E-state index is 0.0720. The van der Waals surface area contributed by atoms with Gasteiger partial charge in [0, 0.05) is 62.1 Å². The van der Waals surface area contributed by atoms with Crippen molar-refractivity contribution in [2.24, 2.45) is 20.0 Å². The lowest BCUT2D eigenvalue weighted by molar-refractivity contribution is -0.144. The number of anilines is 2. The van der Waals surface area contributed by atoms with Crippen LogP contribution in [0.5, 0.6) is 5.88 Å². The number of hydrogen-bond donors (Lipinski definition) is 2. The van der Waals surface area contributed by atoms with E-state index < -0.39 is 34.7 Å². The number of aryl methyl sites for hydroxylation is 2. The molecule has 56 heavy (non-hydrogen) atoms. The highest BCUT2D eigenvalue weighted by Gasteiger charge is 2.38. The number of carbonyl (C=O) groups excluding carboxylic acids is 1. The van der Waals surface area contributed by atoms with Crippen molar-refractivity contribution >= 4 is 40.5 Å². The Kier molecular flexibility index (Phi) is 10.6. The van der Waals surface area contributed by atoms with Crippen LogP contribution in [-0.2, 0) is 31.5 Å². The molecule has 13 nitrogen and oxygen atoms in total. The molecule has 2 aliphatic rings. The zero-order valence-electron chi connectivity index (χ0n) is 31.2. The average molecular weight is 793 g/mol. The molecular weight excluding hydrogens is 753 g/mol. The van der Waals surface area contributed by atoms with Crippen LogP contribution in [-0.4, -0.2) is 85.3 Å². The van der Waals surface area contributed by atoms with E-state index in [0.717, 1.165) is 59.0 Å². The molecular formula is C39H40ClF3N8O5. The Labute approximate surface area is 324 Å². The second-order valence-electron chi connectivity index (χ2n) is 14.2. The number of nitrogens with one attached hydrogen (secondary N) is 1. The molecule has 1 aliphatic heterocycles. The molecule has 0 spiro atoms. The first-order valence-corrected chi connectivity index (χ1v) is 18.5. The maximum atomic E-state index is 14.0. The zero-order chi connectivity index (χ0) is 40.1. The normalized spacial score (nSPS) is 17.0. The van der Waals surface area contributed by atoms with E-state index in [4.69, 9.17) is 21.3 Å². The summed E-state index contributed by atoms with van der Waals surface area (Å²) in [6, 6.07) is 12.9. The highest BCUT2D eigenvalue weighted by atomic mass is 35.5. The molecule has 2 aromatic carbocycles. The van der Waals surface area contributed by atoms with E-state index in [-0.39, 0.29) is 18.0 Å². The summed E-state index contributed by atoms with van der Waals surface area (Å²) in [5, 5.41) is 12.3. The maximum Gasteiger partial charge on any atom is 0.451 e. The van der Waals surface area contributed by atoms with Gasteiger partial charge >= 0.3 is 11.9 Å². The van der Waals surface area contributed by atoms with Gasteiger partial charge in [-0.2, -0.15) is 13.2 Å². The molecule has 1 fully saturated rings. The number of aliphatic hydroxyl groups excluding tert-OH is 1. The lowest BCUT2D eigenvalue weighted by Gasteiger charge is -2.27. The van der Waals surface area contributed by atoms with E-state index in [1.165, 1.54) is 14.1 Å². The quantitative estimate of drug-likeness (QED) is 0.170. The standard InChI is InChI=1S/C39H40ClF3N8O5/c1-21-24(7-6-10-27(21)44-33-31-34(47-37(46-33)39(41,42)43)48(2)38(55)49(3)36(31)54)25-8-5-9-26(32(25)40)28-17-23-11-12-29(30(23)35(45-28)56-4)51-14-13-22(19-51)18-50(20-53)15-16-52/h5-10,17,20,22,29,52H,11-16,18-19H2,1-4H3,(H,44,46,47). The van der Waals surface area contributed by atoms with Crippen LogP contribution in [0.15, 0.2) is 52.1 Å². The molecule has 0 saturated carbocycles. The average Bonchev–Trinajstić information content (AvgIpc) is 3.83. The Bertz CT molecular complexity index is 2470. The van der Waals surface area contributed by atoms with Crippen molar-refractivity contribution < 1.29 is 27.8 Å². The van der Waals surface area contributed by atoms with Gasteiger partial charge in [0.05, 0.1) is 24.4 Å². The van der Waals surface area contributed by atoms with E-state index in [0.29, 0.717) is 63.5 Å². The number of aliphatic hydroxyl groups is 1. The van der Waals surface area contributed by atoms with Gasteiger partial charge < -0.3 is 20.1 Å². The number of likely N-dealkylation sites (tertiary alicyclic amines) is 1. The van der Waals surface area contributed by atoms with Gasteiger partial charge in [0.1, 0.15) is 11.2 Å². The van der Waals surface area contributed by atoms with Crippen molar-refractivity contribution in [1.29, 1.82) is 0 Å². The van der Waals surface area contributed by atoms with Gasteiger partial charge in [-0.25, -0.2) is 19.7 Å². The van der Waals surface area contributed by atoms with Gasteiger partial charge in [-0.3, -0.25) is 23.6 Å². The minimum atomic E-state index is -4.96. The predicted octanol–water partition coefficient (Wildman–Crippen LogP) is 5.25. The molecule has 3 aromatic heterocycles. The van der Waals surface area contributed by atoms with E-state index in [1.54, 1.807) is 31.1 Å². The Morgan fingerprint density at radius 1 is 1.05 bits per heavy atom. The molecule has 1 saturated heterocycles. The topological polar surface area (TPSA) is 148 Å². The molecule has 0 bridgehead atoms. The first-order chi connectivity index (χ1) is 26.7. The van der Waals surface area contributed by atoms with E-state index in [1.807, 2.05) is 30.3 Å². The number of benzene rings is 2. The summed E-state index contributed by atoms with van der Waals surface area (Å²) in [5.41, 5.74) is 3.56. The van der Waals surface area contributed by atoms with E-state index >= 15 is 0 Å². The fourth-order valence-corrected chi connectivity index (χ4v) is 8.31. The van der Waals surface area contributed by atoms with Crippen LogP contribution in [0, 0.1) is 12.8 Å². The number of fused-ring (bicyclic) bond motifs is 2. The second kappa shape index (κ2) is 15.3. The van der Waals surface area contributed by atoms with Gasteiger partial charge in [0.2, 0.25) is 18.1 Å². The van der Waals surface area contributed by atoms with Crippen molar-refractivity contribution in [3.8, 4) is 28.3 Å². The van der Waals surface area contributed by atoms with E-state index in [2.05, 4.69) is 20.2 Å². The van der Waals surface area contributed by atoms with Crippen LogP contribution in [0.2, 0.25) is 5.02 Å². The number of amides is 1. The molecule has 5 aromatic rings. The molecule has 4 heterocycles. The number of nitrogens with zero attached hydrogens (tertiary/aromatic N) is 7. The molecule has 0 radical (unpaired) electrons. The highest BCUT2D eigenvalue weighted by molar-refractivity contribution is 6.36. The number of carbonyl (C=O) groups is 1. The Morgan fingerprint density at radius 2 is 1.79 bits per heavy atom. The Hall–Kier alpha value is -5.32. The minimum Gasteiger partial charge on any atom is -0.481 e. The fraction of sp³-hybridized carbons (Fsp3) is 0.385. The Balaban J connectivity index is 1.22. The number of hydrogen-bond acceptors (Lipinski definition) is 10. The zero-order valence-corrected chi connectivity index (χ0v) is 31.9. The van der Waals surface area contributed by atoms with Crippen LogP contribution in [0.3, 0.4) is 0 Å². The number of methoxy groups -OCH3 is 1. The summed E-state index contributed by atoms with van der Waals surface area (Å²) in [5.74, 6) is -1.09. The third kappa shape index (κ3) is 7.01. The van der Waals surface area contributed by atoms with Crippen LogP contribution in [0.4, 0.5) is 24.7 Å². The second-order valence-corrected chi connectivity index (χ2v) is 14.6. The molecule has 2 unspecified atom stereocenters. The molecule has 1 amide bonds. The SMILES string of the molecule is COc1nc(-c2cccc(-c3cccc(Nc4nc(C(F)(F)F)nc5c4c(=O)n(C)c(=O)n5C)c3C)c2Cl)cc2c1C(N1CCC(CN(C=O)CCO)C1)CC2. The number of ether oxygens (including phenoxy) is 1. The summed E-state index contributed by atoms with van der Waals surface area (Å²) in [6.07, 6.45) is -1.52. The van der Waals surface area contributed by atoms with Crippen molar-refractivity contribution in [3.05, 3.63) is 90.8 Å².